The molecule has 8 nitrogen and oxygen atoms in total. The van der Waals surface area contributed by atoms with Crippen molar-refractivity contribution in [2.24, 2.45) is 0 Å². The van der Waals surface area contributed by atoms with Gasteiger partial charge in [-0.3, -0.25) is 4.98 Å². The second-order valence-corrected chi connectivity index (χ2v) is 8.75. The molecule has 0 atom stereocenters. The zero-order chi connectivity index (χ0) is 21.0. The van der Waals surface area contributed by atoms with Gasteiger partial charge >= 0.3 is 0 Å². The van der Waals surface area contributed by atoms with Crippen molar-refractivity contribution in [2.45, 2.75) is 11.8 Å². The zero-order valence-electron chi connectivity index (χ0n) is 16.7. The first-order chi connectivity index (χ1) is 14.6. The van der Waals surface area contributed by atoms with Gasteiger partial charge < -0.3 is 9.64 Å². The van der Waals surface area contributed by atoms with Crippen molar-refractivity contribution in [1.82, 2.24) is 19.5 Å². The molecule has 1 aliphatic heterocycles. The van der Waals surface area contributed by atoms with Crippen molar-refractivity contribution in [3.8, 4) is 17.0 Å². The van der Waals surface area contributed by atoms with Gasteiger partial charge in [0.2, 0.25) is 10.0 Å². The van der Waals surface area contributed by atoms with E-state index in [9.17, 15) is 8.42 Å². The number of benzene rings is 1. The molecule has 1 aliphatic rings. The molecule has 3 aromatic rings. The van der Waals surface area contributed by atoms with Crippen LogP contribution in [0.1, 0.15) is 6.92 Å². The molecular formula is C21H23N5O3S. The molecule has 0 radical (unpaired) electrons. The van der Waals surface area contributed by atoms with Crippen LogP contribution >= 0.6 is 0 Å². The molecule has 3 heterocycles. The Morgan fingerprint density at radius 3 is 2.33 bits per heavy atom. The van der Waals surface area contributed by atoms with Crippen LogP contribution in [0.4, 0.5) is 5.82 Å². The molecule has 156 valence electrons. The minimum absolute atomic E-state index is 0.278. The molecular weight excluding hydrogens is 402 g/mol. The van der Waals surface area contributed by atoms with Gasteiger partial charge in [-0.1, -0.05) is 0 Å². The summed E-state index contributed by atoms with van der Waals surface area (Å²) in [5.74, 6) is 1.40. The van der Waals surface area contributed by atoms with E-state index < -0.39 is 10.0 Å². The Balaban J connectivity index is 1.40. The van der Waals surface area contributed by atoms with E-state index in [-0.39, 0.29) is 4.90 Å². The lowest BCUT2D eigenvalue weighted by atomic mass is 10.2. The summed E-state index contributed by atoms with van der Waals surface area (Å²) in [6, 6.07) is 14.2. The van der Waals surface area contributed by atoms with Gasteiger partial charge in [-0.05, 0) is 55.5 Å². The number of aromatic nitrogens is 3. The van der Waals surface area contributed by atoms with E-state index >= 15 is 0 Å². The smallest absolute Gasteiger partial charge is 0.243 e. The Hall–Kier alpha value is -3.04. The van der Waals surface area contributed by atoms with Gasteiger partial charge in [0.15, 0.2) is 5.82 Å². The lowest BCUT2D eigenvalue weighted by molar-refractivity contribution is 0.340. The molecule has 30 heavy (non-hydrogen) atoms. The highest BCUT2D eigenvalue weighted by Crippen LogP contribution is 2.23. The number of ether oxygens (including phenoxy) is 1. The summed E-state index contributed by atoms with van der Waals surface area (Å²) in [4.78, 5) is 6.42. The second-order valence-electron chi connectivity index (χ2n) is 6.81. The van der Waals surface area contributed by atoms with Crippen molar-refractivity contribution in [3.05, 3.63) is 60.9 Å². The Labute approximate surface area is 176 Å². The molecule has 4 rings (SSSR count). The topological polar surface area (TPSA) is 88.5 Å². The Bertz CT molecular complexity index is 1070. The SMILES string of the molecule is CCOc1ccc(S(=O)(=O)N2CCN(c3ccc(-c4cccnc4)nn3)CC2)cc1. The van der Waals surface area contributed by atoms with Gasteiger partial charge in [0.1, 0.15) is 5.75 Å². The molecule has 0 N–H and O–H groups in total. The van der Waals surface area contributed by atoms with Gasteiger partial charge in [0.05, 0.1) is 17.2 Å². The van der Waals surface area contributed by atoms with Crippen LogP contribution in [-0.4, -0.2) is 60.7 Å². The summed E-state index contributed by atoms with van der Waals surface area (Å²) in [6.07, 6.45) is 3.46. The number of nitrogens with zero attached hydrogens (tertiary/aromatic N) is 5. The summed E-state index contributed by atoms with van der Waals surface area (Å²) < 4.78 is 32.8. The molecule has 0 aliphatic carbocycles. The fourth-order valence-corrected chi connectivity index (χ4v) is 4.77. The van der Waals surface area contributed by atoms with Crippen LogP contribution < -0.4 is 9.64 Å². The molecule has 2 aromatic heterocycles. The predicted octanol–water partition coefficient (Wildman–Crippen LogP) is 2.45. The first kappa shape index (κ1) is 20.2. The summed E-state index contributed by atoms with van der Waals surface area (Å²) in [5.41, 5.74) is 1.66. The minimum atomic E-state index is -3.53. The average Bonchev–Trinajstić information content (AvgIpc) is 2.80. The van der Waals surface area contributed by atoms with Gasteiger partial charge in [-0.25, -0.2) is 8.42 Å². The van der Waals surface area contributed by atoms with E-state index in [2.05, 4.69) is 15.2 Å². The number of anilines is 1. The molecule has 1 aromatic carbocycles. The zero-order valence-corrected chi connectivity index (χ0v) is 17.5. The standard InChI is InChI=1S/C21H23N5O3S/c1-2-29-18-5-7-19(8-6-18)30(27,28)26-14-12-25(13-15-26)21-10-9-20(23-24-21)17-4-3-11-22-16-17/h3-11,16H,2,12-15H2,1H3. The molecule has 0 unspecified atom stereocenters. The molecule has 0 spiro atoms. The second kappa shape index (κ2) is 8.76. The third kappa shape index (κ3) is 4.27. The van der Waals surface area contributed by atoms with Crippen LogP contribution in [0.25, 0.3) is 11.3 Å². The fraction of sp³-hybridized carbons (Fsp3) is 0.286. The quantitative estimate of drug-likeness (QED) is 0.599. The number of pyridine rings is 1. The number of hydrogen-bond donors (Lipinski definition) is 0. The van der Waals surface area contributed by atoms with E-state index in [0.717, 1.165) is 17.1 Å². The molecule has 0 saturated carbocycles. The molecule has 9 heteroatoms. The summed E-state index contributed by atoms with van der Waals surface area (Å²) in [7, 11) is -3.53. The van der Waals surface area contributed by atoms with Crippen LogP contribution in [0.2, 0.25) is 0 Å². The van der Waals surface area contributed by atoms with Crippen molar-refractivity contribution in [1.29, 1.82) is 0 Å². The number of hydrogen-bond acceptors (Lipinski definition) is 7. The van der Waals surface area contributed by atoms with E-state index in [0.29, 0.717) is 38.5 Å². The van der Waals surface area contributed by atoms with E-state index in [1.165, 1.54) is 4.31 Å². The Morgan fingerprint density at radius 1 is 0.967 bits per heavy atom. The Kier molecular flexibility index (Phi) is 5.91. The predicted molar refractivity (Wildman–Crippen MR) is 114 cm³/mol. The maximum atomic E-state index is 12.9. The van der Waals surface area contributed by atoms with Crippen molar-refractivity contribution < 1.29 is 13.2 Å². The van der Waals surface area contributed by atoms with Crippen LogP contribution in [0.3, 0.4) is 0 Å². The van der Waals surface area contributed by atoms with Gasteiger partial charge in [0.25, 0.3) is 0 Å². The summed E-state index contributed by atoms with van der Waals surface area (Å²) >= 11 is 0. The van der Waals surface area contributed by atoms with Crippen molar-refractivity contribution in [2.75, 3.05) is 37.7 Å². The van der Waals surface area contributed by atoms with Crippen LogP contribution in [0.15, 0.2) is 65.8 Å². The normalized spacial score (nSPS) is 15.2. The summed E-state index contributed by atoms with van der Waals surface area (Å²) in [6.45, 7) is 4.32. The third-order valence-corrected chi connectivity index (χ3v) is 6.86. The van der Waals surface area contributed by atoms with E-state index in [1.807, 2.05) is 36.1 Å². The third-order valence-electron chi connectivity index (χ3n) is 4.94. The highest BCUT2D eigenvalue weighted by molar-refractivity contribution is 7.89. The molecule has 0 amide bonds. The number of piperazine rings is 1. The lowest BCUT2D eigenvalue weighted by Crippen LogP contribution is -2.48. The largest absolute Gasteiger partial charge is 0.494 e. The van der Waals surface area contributed by atoms with E-state index in [4.69, 9.17) is 4.74 Å². The first-order valence-electron chi connectivity index (χ1n) is 9.80. The monoisotopic (exact) mass is 425 g/mol. The molecule has 1 fully saturated rings. The van der Waals surface area contributed by atoms with Gasteiger partial charge in [-0.15, -0.1) is 10.2 Å². The highest BCUT2D eigenvalue weighted by atomic mass is 32.2. The average molecular weight is 426 g/mol. The van der Waals surface area contributed by atoms with Crippen LogP contribution in [0, 0.1) is 0 Å². The molecule has 1 saturated heterocycles. The number of sulfonamides is 1. The van der Waals surface area contributed by atoms with Crippen LogP contribution in [-0.2, 0) is 10.0 Å². The van der Waals surface area contributed by atoms with Gasteiger partial charge in [-0.2, -0.15) is 4.31 Å². The van der Waals surface area contributed by atoms with E-state index in [1.54, 1.807) is 36.7 Å². The lowest BCUT2D eigenvalue weighted by Gasteiger charge is -2.34. The van der Waals surface area contributed by atoms with Crippen LogP contribution in [0.5, 0.6) is 5.75 Å². The van der Waals surface area contributed by atoms with Gasteiger partial charge in [0, 0.05) is 44.1 Å². The Morgan fingerprint density at radius 2 is 1.73 bits per heavy atom. The number of rotatable bonds is 6. The maximum absolute atomic E-state index is 12.9. The van der Waals surface area contributed by atoms with Crippen molar-refractivity contribution >= 4 is 15.8 Å². The maximum Gasteiger partial charge on any atom is 0.243 e. The highest BCUT2D eigenvalue weighted by Gasteiger charge is 2.29. The summed E-state index contributed by atoms with van der Waals surface area (Å²) in [5, 5.41) is 8.61. The molecule has 0 bridgehead atoms. The fourth-order valence-electron chi connectivity index (χ4n) is 3.34. The van der Waals surface area contributed by atoms with Crippen molar-refractivity contribution in [3.63, 3.8) is 0 Å². The minimum Gasteiger partial charge on any atom is -0.494 e. The first-order valence-corrected chi connectivity index (χ1v) is 11.2.